The van der Waals surface area contributed by atoms with E-state index in [0.29, 0.717) is 48.2 Å². The Labute approximate surface area is 231 Å². The fourth-order valence-corrected chi connectivity index (χ4v) is 5.84. The van der Waals surface area contributed by atoms with Crippen molar-refractivity contribution in [1.29, 1.82) is 0 Å². The monoisotopic (exact) mass is 565 g/mol. The number of para-hydroxylation sites is 1. The topological polar surface area (TPSA) is 92.9 Å². The van der Waals surface area contributed by atoms with Gasteiger partial charge in [-0.3, -0.25) is 14.2 Å². The molecule has 4 aromatic rings. The summed E-state index contributed by atoms with van der Waals surface area (Å²) in [6.07, 6.45) is 1.52. The SMILES string of the molecule is COc1cccc([C@@H]2C(C(=O)Nc3ccccc3)=C(C)N=c3s/c(=C\c4cc(Cl)cc(Cl)c4O)c(=O)n32)c1. The quantitative estimate of drug-likeness (QED) is 0.360. The number of phenolic OH excluding ortho intramolecular Hbond substituents is 1. The molecule has 0 saturated carbocycles. The summed E-state index contributed by atoms with van der Waals surface area (Å²) in [6.45, 7) is 1.74. The highest BCUT2D eigenvalue weighted by molar-refractivity contribution is 7.07. The van der Waals surface area contributed by atoms with Crippen molar-refractivity contribution in [2.45, 2.75) is 13.0 Å². The molecule has 0 radical (unpaired) electrons. The largest absolute Gasteiger partial charge is 0.506 e. The molecule has 5 rings (SSSR count). The van der Waals surface area contributed by atoms with Crippen LogP contribution in [0, 0.1) is 0 Å². The molecule has 0 spiro atoms. The Balaban J connectivity index is 1.71. The van der Waals surface area contributed by atoms with Crippen LogP contribution in [0.5, 0.6) is 11.5 Å². The molecule has 1 atom stereocenters. The maximum atomic E-state index is 13.8. The normalized spacial score (nSPS) is 15.2. The number of benzene rings is 3. The van der Waals surface area contributed by atoms with E-state index in [0.717, 1.165) is 11.3 Å². The van der Waals surface area contributed by atoms with Crippen molar-refractivity contribution in [3.63, 3.8) is 0 Å². The van der Waals surface area contributed by atoms with Gasteiger partial charge in [0.05, 0.1) is 34.0 Å². The van der Waals surface area contributed by atoms with Crippen molar-refractivity contribution in [3.8, 4) is 11.5 Å². The van der Waals surface area contributed by atoms with Crippen molar-refractivity contribution < 1.29 is 14.6 Å². The smallest absolute Gasteiger partial charge is 0.271 e. The first-order valence-corrected chi connectivity index (χ1v) is 13.0. The van der Waals surface area contributed by atoms with Gasteiger partial charge in [-0.25, -0.2) is 4.99 Å². The average molecular weight is 566 g/mol. The van der Waals surface area contributed by atoms with Gasteiger partial charge in [-0.05, 0) is 55.0 Å². The van der Waals surface area contributed by atoms with Gasteiger partial charge in [0.2, 0.25) is 0 Å². The lowest BCUT2D eigenvalue weighted by atomic mass is 9.95. The van der Waals surface area contributed by atoms with Crippen LogP contribution in [-0.2, 0) is 4.79 Å². The van der Waals surface area contributed by atoms with Crippen molar-refractivity contribution in [1.82, 2.24) is 4.57 Å². The van der Waals surface area contributed by atoms with Crippen molar-refractivity contribution >= 4 is 52.2 Å². The molecular formula is C28H21Cl2N3O4S. The number of hydrogen-bond donors (Lipinski definition) is 2. The number of ether oxygens (including phenoxy) is 1. The third-order valence-corrected chi connectivity index (χ3v) is 7.54. The van der Waals surface area contributed by atoms with E-state index >= 15 is 0 Å². The zero-order valence-corrected chi connectivity index (χ0v) is 22.6. The van der Waals surface area contributed by atoms with Crippen LogP contribution < -0.4 is 24.9 Å². The van der Waals surface area contributed by atoms with E-state index in [-0.39, 0.29) is 22.2 Å². The number of rotatable bonds is 5. The fourth-order valence-electron chi connectivity index (χ4n) is 4.30. The Morgan fingerprint density at radius 1 is 1.13 bits per heavy atom. The first kappa shape index (κ1) is 25.8. The number of thiazole rings is 1. The minimum Gasteiger partial charge on any atom is -0.506 e. The van der Waals surface area contributed by atoms with E-state index in [9.17, 15) is 14.7 Å². The molecule has 3 aromatic carbocycles. The molecule has 1 aliphatic rings. The molecule has 192 valence electrons. The molecule has 10 heteroatoms. The second-order valence-electron chi connectivity index (χ2n) is 8.50. The molecule has 1 aliphatic heterocycles. The molecule has 0 aliphatic carbocycles. The summed E-state index contributed by atoms with van der Waals surface area (Å²) in [5.41, 5.74) is 2.02. The summed E-state index contributed by atoms with van der Waals surface area (Å²) in [6, 6.07) is 18.5. The first-order valence-electron chi connectivity index (χ1n) is 11.5. The second kappa shape index (κ2) is 10.5. The van der Waals surface area contributed by atoms with Crippen LogP contribution in [0.25, 0.3) is 6.08 Å². The van der Waals surface area contributed by atoms with Crippen LogP contribution in [0.3, 0.4) is 0 Å². The van der Waals surface area contributed by atoms with Gasteiger partial charge in [0.15, 0.2) is 4.80 Å². The molecule has 0 fully saturated rings. The van der Waals surface area contributed by atoms with Gasteiger partial charge < -0.3 is 15.2 Å². The van der Waals surface area contributed by atoms with E-state index in [1.54, 1.807) is 44.4 Å². The van der Waals surface area contributed by atoms with Gasteiger partial charge in [0.25, 0.3) is 11.5 Å². The molecule has 7 nitrogen and oxygen atoms in total. The Morgan fingerprint density at radius 3 is 2.63 bits per heavy atom. The zero-order valence-electron chi connectivity index (χ0n) is 20.2. The molecule has 1 aromatic heterocycles. The van der Waals surface area contributed by atoms with Crippen LogP contribution in [-0.4, -0.2) is 22.7 Å². The number of allylic oxidation sites excluding steroid dienone is 1. The zero-order chi connectivity index (χ0) is 27.0. The van der Waals surface area contributed by atoms with Crippen molar-refractivity contribution in [2.24, 2.45) is 4.99 Å². The number of halogens is 2. The van der Waals surface area contributed by atoms with Crippen LogP contribution in [0.1, 0.15) is 24.1 Å². The number of fused-ring (bicyclic) bond motifs is 1. The summed E-state index contributed by atoms with van der Waals surface area (Å²) < 4.78 is 7.20. The van der Waals surface area contributed by atoms with Gasteiger partial charge in [0, 0.05) is 16.3 Å². The summed E-state index contributed by atoms with van der Waals surface area (Å²) in [4.78, 5) is 32.5. The van der Waals surface area contributed by atoms with Crippen LogP contribution >= 0.6 is 34.5 Å². The summed E-state index contributed by atoms with van der Waals surface area (Å²) in [5, 5.41) is 13.7. The molecule has 2 heterocycles. The average Bonchev–Trinajstić information content (AvgIpc) is 3.20. The predicted molar refractivity (Wildman–Crippen MR) is 150 cm³/mol. The van der Waals surface area contributed by atoms with Crippen LogP contribution in [0.15, 0.2) is 87.8 Å². The molecule has 1 amide bonds. The highest BCUT2D eigenvalue weighted by Gasteiger charge is 2.32. The number of methoxy groups -OCH3 is 1. The standard InChI is InChI=1S/C28H21Cl2N3O4S/c1-15-23(26(35)32-19-8-4-3-5-9-19)24(16-7-6-10-20(12-16)37-2)33-27(36)22(38-28(33)31-15)13-17-11-18(29)14-21(30)25(17)34/h3-14,24,34H,1-2H3,(H,32,35)/b22-13-/t24-/m1/s1. The van der Waals surface area contributed by atoms with Gasteiger partial charge in [-0.2, -0.15) is 0 Å². The summed E-state index contributed by atoms with van der Waals surface area (Å²) in [7, 11) is 1.55. The molecule has 0 unspecified atom stereocenters. The van der Waals surface area contributed by atoms with Gasteiger partial charge in [-0.1, -0.05) is 64.9 Å². The summed E-state index contributed by atoms with van der Waals surface area (Å²) in [5.74, 6) is 0.0183. The predicted octanol–water partition coefficient (Wildman–Crippen LogP) is 4.89. The number of nitrogens with one attached hydrogen (secondary N) is 1. The molecule has 0 bridgehead atoms. The number of amides is 1. The minimum absolute atomic E-state index is 0.0708. The van der Waals surface area contributed by atoms with E-state index < -0.39 is 6.04 Å². The van der Waals surface area contributed by atoms with Crippen molar-refractivity contribution in [2.75, 3.05) is 12.4 Å². The van der Waals surface area contributed by atoms with E-state index in [1.165, 1.54) is 22.8 Å². The second-order valence-corrected chi connectivity index (χ2v) is 10.4. The van der Waals surface area contributed by atoms with E-state index in [1.807, 2.05) is 24.3 Å². The maximum Gasteiger partial charge on any atom is 0.271 e. The number of aromatic hydroxyl groups is 1. The number of aromatic nitrogens is 1. The third kappa shape index (κ3) is 4.86. The van der Waals surface area contributed by atoms with Crippen LogP contribution in [0.4, 0.5) is 5.69 Å². The number of anilines is 1. The molecular weight excluding hydrogens is 545 g/mol. The number of carbonyl (C=O) groups excluding carboxylic acids is 1. The summed E-state index contributed by atoms with van der Waals surface area (Å²) >= 11 is 13.3. The Bertz CT molecular complexity index is 1780. The third-order valence-electron chi connectivity index (χ3n) is 6.05. The fraction of sp³-hybridized carbons (Fsp3) is 0.107. The Kier molecular flexibility index (Phi) is 7.12. The van der Waals surface area contributed by atoms with E-state index in [2.05, 4.69) is 10.3 Å². The van der Waals surface area contributed by atoms with Crippen LogP contribution in [0.2, 0.25) is 10.0 Å². The number of nitrogens with zero attached hydrogens (tertiary/aromatic N) is 2. The molecule has 2 N–H and O–H groups in total. The molecule has 38 heavy (non-hydrogen) atoms. The lowest BCUT2D eigenvalue weighted by Crippen LogP contribution is -2.40. The van der Waals surface area contributed by atoms with Gasteiger partial charge in [0.1, 0.15) is 11.5 Å². The van der Waals surface area contributed by atoms with Gasteiger partial charge in [-0.15, -0.1) is 0 Å². The number of hydrogen-bond acceptors (Lipinski definition) is 6. The lowest BCUT2D eigenvalue weighted by molar-refractivity contribution is -0.113. The number of phenols is 1. The highest BCUT2D eigenvalue weighted by atomic mass is 35.5. The lowest BCUT2D eigenvalue weighted by Gasteiger charge is -2.25. The first-order chi connectivity index (χ1) is 18.3. The van der Waals surface area contributed by atoms with E-state index in [4.69, 9.17) is 27.9 Å². The Hall–Kier alpha value is -3.85. The van der Waals surface area contributed by atoms with Crippen molar-refractivity contribution in [3.05, 3.63) is 119 Å². The maximum absolute atomic E-state index is 13.8. The van der Waals surface area contributed by atoms with Gasteiger partial charge >= 0.3 is 0 Å². The Morgan fingerprint density at radius 2 is 1.89 bits per heavy atom. The highest BCUT2D eigenvalue weighted by Crippen LogP contribution is 2.33. The number of carbonyl (C=O) groups is 1. The minimum atomic E-state index is -0.774. The molecule has 0 saturated heterocycles.